The van der Waals surface area contributed by atoms with Crippen molar-refractivity contribution in [3.05, 3.63) is 94.4 Å². The van der Waals surface area contributed by atoms with Crippen LogP contribution in [-0.2, 0) is 4.79 Å². The Morgan fingerprint density at radius 3 is 2.00 bits per heavy atom. The average Bonchev–Trinajstić information content (AvgIpc) is 3.05. The van der Waals surface area contributed by atoms with Crippen LogP contribution in [0.3, 0.4) is 0 Å². The minimum atomic E-state index is -0.0589. The van der Waals surface area contributed by atoms with E-state index in [1.165, 1.54) is 17.3 Å². The highest BCUT2D eigenvalue weighted by molar-refractivity contribution is 8.19. The smallest absolute Gasteiger partial charge is 0.271 e. The molecule has 0 atom stereocenters. The van der Waals surface area contributed by atoms with Crippen LogP contribution in [0.4, 0.5) is 17.1 Å². The van der Waals surface area contributed by atoms with Crippen molar-refractivity contribution in [2.24, 2.45) is 4.99 Å². The standard InChI is InChI=1S/C26H25N3OS/c1-18-5-11-21(12-6-18)27-26-29(23-13-7-19(2)8-14-23)25(30)24(31-26)17-20-9-15-22(16-10-20)28(3)4/h5-17H,1-4H3/b24-17+,27-26?. The number of amides is 1. The minimum absolute atomic E-state index is 0.0589. The second-order valence-corrected chi connectivity index (χ2v) is 8.81. The van der Waals surface area contributed by atoms with Crippen molar-refractivity contribution in [2.75, 3.05) is 23.9 Å². The first-order valence-electron chi connectivity index (χ1n) is 10.1. The molecular weight excluding hydrogens is 402 g/mol. The number of thioether (sulfide) groups is 1. The third kappa shape index (κ3) is 4.72. The molecule has 1 amide bonds. The van der Waals surface area contributed by atoms with Gasteiger partial charge in [-0.15, -0.1) is 0 Å². The highest BCUT2D eigenvalue weighted by atomic mass is 32.2. The lowest BCUT2D eigenvalue weighted by Gasteiger charge is -2.16. The molecule has 1 fully saturated rings. The molecule has 31 heavy (non-hydrogen) atoms. The first-order chi connectivity index (χ1) is 14.9. The van der Waals surface area contributed by atoms with Gasteiger partial charge < -0.3 is 4.90 Å². The highest BCUT2D eigenvalue weighted by Gasteiger charge is 2.34. The largest absolute Gasteiger partial charge is 0.378 e. The van der Waals surface area contributed by atoms with Crippen molar-refractivity contribution < 1.29 is 4.79 Å². The molecule has 1 aliphatic heterocycles. The van der Waals surface area contributed by atoms with Gasteiger partial charge in [-0.3, -0.25) is 9.69 Å². The van der Waals surface area contributed by atoms with Crippen molar-refractivity contribution in [3.8, 4) is 0 Å². The summed E-state index contributed by atoms with van der Waals surface area (Å²) < 4.78 is 0. The number of nitrogens with zero attached hydrogens (tertiary/aromatic N) is 3. The molecule has 156 valence electrons. The maximum Gasteiger partial charge on any atom is 0.271 e. The molecule has 1 saturated heterocycles. The van der Waals surface area contributed by atoms with E-state index < -0.39 is 0 Å². The summed E-state index contributed by atoms with van der Waals surface area (Å²) in [5, 5.41) is 0.661. The molecule has 3 aromatic rings. The number of carbonyl (C=O) groups excluding carboxylic acids is 1. The van der Waals surface area contributed by atoms with E-state index in [-0.39, 0.29) is 5.91 Å². The van der Waals surface area contributed by atoms with Crippen molar-refractivity contribution in [1.29, 1.82) is 0 Å². The fourth-order valence-electron chi connectivity index (χ4n) is 3.22. The van der Waals surface area contributed by atoms with Crippen LogP contribution in [0.1, 0.15) is 16.7 Å². The molecule has 0 aliphatic carbocycles. The number of hydrogen-bond donors (Lipinski definition) is 0. The van der Waals surface area contributed by atoms with Gasteiger partial charge in [0.1, 0.15) is 0 Å². The van der Waals surface area contributed by atoms with Gasteiger partial charge in [0.15, 0.2) is 5.17 Å². The summed E-state index contributed by atoms with van der Waals surface area (Å²) in [6.07, 6.45) is 1.94. The van der Waals surface area contributed by atoms with Crippen molar-refractivity contribution >= 4 is 46.0 Å². The Morgan fingerprint density at radius 2 is 1.42 bits per heavy atom. The molecule has 1 heterocycles. The third-order valence-corrected chi connectivity index (χ3v) is 6.03. The quantitative estimate of drug-likeness (QED) is 0.467. The van der Waals surface area contributed by atoms with E-state index in [2.05, 4.69) is 17.0 Å². The van der Waals surface area contributed by atoms with Gasteiger partial charge in [-0.1, -0.05) is 47.5 Å². The zero-order valence-electron chi connectivity index (χ0n) is 18.2. The van der Waals surface area contributed by atoms with Crippen molar-refractivity contribution in [2.45, 2.75) is 13.8 Å². The van der Waals surface area contributed by atoms with E-state index in [0.29, 0.717) is 10.1 Å². The Kier molecular flexibility index (Phi) is 5.96. The maximum atomic E-state index is 13.4. The number of rotatable bonds is 4. The number of aliphatic imine (C=N–C) groups is 1. The average molecular weight is 428 g/mol. The number of amidine groups is 1. The molecule has 0 N–H and O–H groups in total. The molecule has 5 heteroatoms. The van der Waals surface area contributed by atoms with Crippen LogP contribution in [0.5, 0.6) is 0 Å². The van der Waals surface area contributed by atoms with Gasteiger partial charge in [0.25, 0.3) is 5.91 Å². The van der Waals surface area contributed by atoms with Crippen LogP contribution >= 0.6 is 11.8 Å². The van der Waals surface area contributed by atoms with E-state index in [0.717, 1.165) is 28.2 Å². The van der Waals surface area contributed by atoms with Crippen LogP contribution in [0.2, 0.25) is 0 Å². The molecule has 0 bridgehead atoms. The van der Waals surface area contributed by atoms with E-state index in [9.17, 15) is 4.79 Å². The van der Waals surface area contributed by atoms with E-state index in [4.69, 9.17) is 4.99 Å². The van der Waals surface area contributed by atoms with Crippen LogP contribution < -0.4 is 9.80 Å². The summed E-state index contributed by atoms with van der Waals surface area (Å²) in [6.45, 7) is 4.08. The van der Waals surface area contributed by atoms with Gasteiger partial charge in [0.05, 0.1) is 16.3 Å². The van der Waals surface area contributed by atoms with Crippen molar-refractivity contribution in [1.82, 2.24) is 0 Å². The zero-order valence-corrected chi connectivity index (χ0v) is 19.0. The molecule has 0 saturated carbocycles. The second kappa shape index (κ2) is 8.82. The molecular formula is C26H25N3OS. The summed E-state index contributed by atoms with van der Waals surface area (Å²) >= 11 is 1.41. The van der Waals surface area contributed by atoms with Gasteiger partial charge in [-0.2, -0.15) is 0 Å². The van der Waals surface area contributed by atoms with E-state index in [1.54, 1.807) is 4.90 Å². The summed E-state index contributed by atoms with van der Waals surface area (Å²) in [5.41, 5.74) is 6.08. The lowest BCUT2D eigenvalue weighted by molar-refractivity contribution is -0.113. The molecule has 0 radical (unpaired) electrons. The fourth-order valence-corrected chi connectivity index (χ4v) is 4.22. The number of aryl methyl sites for hydroxylation is 2. The van der Waals surface area contributed by atoms with E-state index >= 15 is 0 Å². The van der Waals surface area contributed by atoms with Gasteiger partial charge >= 0.3 is 0 Å². The monoisotopic (exact) mass is 427 g/mol. The summed E-state index contributed by atoms with van der Waals surface area (Å²) in [4.78, 5) is 22.6. The number of anilines is 2. The normalized spacial score (nSPS) is 16.4. The molecule has 4 rings (SSSR count). The van der Waals surface area contributed by atoms with Gasteiger partial charge in [0.2, 0.25) is 0 Å². The number of benzene rings is 3. The van der Waals surface area contributed by atoms with Crippen LogP contribution in [0, 0.1) is 13.8 Å². The first kappa shape index (κ1) is 20.9. The summed E-state index contributed by atoms with van der Waals surface area (Å²) in [7, 11) is 4.02. The molecule has 0 unspecified atom stereocenters. The Labute approximate surface area is 187 Å². The minimum Gasteiger partial charge on any atom is -0.378 e. The Balaban J connectivity index is 1.72. The fraction of sp³-hybridized carbons (Fsp3) is 0.154. The number of hydrogen-bond acceptors (Lipinski definition) is 4. The molecule has 1 aliphatic rings. The molecule has 0 spiro atoms. The lowest BCUT2D eigenvalue weighted by Crippen LogP contribution is -2.28. The Morgan fingerprint density at radius 1 is 0.839 bits per heavy atom. The lowest BCUT2D eigenvalue weighted by atomic mass is 10.1. The molecule has 0 aromatic heterocycles. The highest BCUT2D eigenvalue weighted by Crippen LogP contribution is 2.37. The van der Waals surface area contributed by atoms with Gasteiger partial charge in [0, 0.05) is 19.8 Å². The number of carbonyl (C=O) groups is 1. The van der Waals surface area contributed by atoms with Crippen LogP contribution in [0.25, 0.3) is 6.08 Å². The second-order valence-electron chi connectivity index (χ2n) is 7.80. The molecule has 3 aromatic carbocycles. The predicted molar refractivity (Wildman–Crippen MR) is 133 cm³/mol. The van der Waals surface area contributed by atoms with Crippen molar-refractivity contribution in [3.63, 3.8) is 0 Å². The van der Waals surface area contributed by atoms with E-state index in [1.807, 2.05) is 94.7 Å². The molecule has 4 nitrogen and oxygen atoms in total. The van der Waals surface area contributed by atoms with Gasteiger partial charge in [-0.25, -0.2) is 4.99 Å². The third-order valence-electron chi connectivity index (χ3n) is 5.06. The Hall–Kier alpha value is -3.31. The topological polar surface area (TPSA) is 35.9 Å². The maximum absolute atomic E-state index is 13.4. The van der Waals surface area contributed by atoms with Gasteiger partial charge in [-0.05, 0) is 73.6 Å². The summed E-state index contributed by atoms with van der Waals surface area (Å²) in [5.74, 6) is -0.0589. The summed E-state index contributed by atoms with van der Waals surface area (Å²) in [6, 6.07) is 24.1. The van der Waals surface area contributed by atoms with Crippen LogP contribution in [-0.4, -0.2) is 25.2 Å². The van der Waals surface area contributed by atoms with Crippen LogP contribution in [0.15, 0.2) is 82.7 Å². The zero-order chi connectivity index (χ0) is 22.0. The first-order valence-corrected chi connectivity index (χ1v) is 11.0. The predicted octanol–water partition coefficient (Wildman–Crippen LogP) is 6.18. The Bertz CT molecular complexity index is 1140. The SMILES string of the molecule is Cc1ccc(N=C2S/C(=C/c3ccc(N(C)C)cc3)C(=O)N2c2ccc(C)cc2)cc1.